The predicted octanol–water partition coefficient (Wildman–Crippen LogP) is 4.02. The maximum atomic E-state index is 13.8. The number of esters is 2. The van der Waals surface area contributed by atoms with Crippen LogP contribution in [0.5, 0.6) is 11.5 Å². The van der Waals surface area contributed by atoms with Gasteiger partial charge in [0, 0.05) is 11.9 Å². The fourth-order valence-electron chi connectivity index (χ4n) is 4.06. The van der Waals surface area contributed by atoms with Crippen molar-refractivity contribution in [1.82, 2.24) is 4.57 Å². The number of ether oxygens (including phenoxy) is 3. The molecule has 0 amide bonds. The van der Waals surface area contributed by atoms with E-state index in [9.17, 15) is 14.4 Å². The summed E-state index contributed by atoms with van der Waals surface area (Å²) in [5, 5.41) is 0.551. The molecule has 0 saturated carbocycles. The number of benzene rings is 2. The largest absolute Gasteiger partial charge is 0.493 e. The SMILES string of the molecule is COc1cc(C2C(C(=O)OCC(C)C)=C(C)N=c3s/c(=C/c4cccc(Cl)c4)c(=O)n32)ccc1OC(C)=O. The Kier molecular flexibility index (Phi) is 8.18. The monoisotopic (exact) mass is 554 g/mol. The number of carbonyl (C=O) groups is 2. The molecule has 0 aliphatic carbocycles. The molecular formula is C28H27ClN2O6S. The van der Waals surface area contributed by atoms with E-state index in [1.165, 1.54) is 29.9 Å². The maximum Gasteiger partial charge on any atom is 0.338 e. The van der Waals surface area contributed by atoms with Gasteiger partial charge in [-0.1, -0.05) is 55.0 Å². The van der Waals surface area contributed by atoms with Crippen LogP contribution in [0.25, 0.3) is 6.08 Å². The number of halogens is 1. The van der Waals surface area contributed by atoms with E-state index in [4.69, 9.17) is 25.8 Å². The van der Waals surface area contributed by atoms with Gasteiger partial charge in [-0.3, -0.25) is 14.2 Å². The summed E-state index contributed by atoms with van der Waals surface area (Å²) in [4.78, 5) is 43.7. The Balaban J connectivity index is 1.93. The standard InChI is InChI=1S/C28H27ClN2O6S/c1-15(2)14-36-27(34)24-16(3)30-28-31(26(33)23(38-28)12-18-7-6-8-20(29)11-18)25(24)19-9-10-21(37-17(4)32)22(13-19)35-5/h6-13,15,25H,14H2,1-5H3/b23-12+. The van der Waals surface area contributed by atoms with Crippen molar-refractivity contribution < 1.29 is 23.8 Å². The summed E-state index contributed by atoms with van der Waals surface area (Å²) in [6, 6.07) is 11.2. The van der Waals surface area contributed by atoms with Gasteiger partial charge >= 0.3 is 11.9 Å². The Bertz CT molecular complexity index is 1620. The van der Waals surface area contributed by atoms with Crippen LogP contribution in [-0.4, -0.2) is 30.2 Å². The summed E-state index contributed by atoms with van der Waals surface area (Å²) in [5.41, 5.74) is 1.71. The van der Waals surface area contributed by atoms with Gasteiger partial charge in [0.25, 0.3) is 5.56 Å². The first kappa shape index (κ1) is 27.3. The van der Waals surface area contributed by atoms with Crippen LogP contribution in [0.2, 0.25) is 5.02 Å². The number of aromatic nitrogens is 1. The van der Waals surface area contributed by atoms with E-state index in [1.807, 2.05) is 19.9 Å². The van der Waals surface area contributed by atoms with Gasteiger partial charge in [0.1, 0.15) is 0 Å². The number of rotatable bonds is 7. The van der Waals surface area contributed by atoms with Crippen LogP contribution in [0.15, 0.2) is 63.5 Å². The minimum atomic E-state index is -0.840. The second-order valence-corrected chi connectivity index (χ2v) is 10.6. The molecular weight excluding hydrogens is 528 g/mol. The normalized spacial score (nSPS) is 15.2. The highest BCUT2D eigenvalue weighted by Crippen LogP contribution is 2.36. The molecule has 0 bridgehead atoms. The summed E-state index contributed by atoms with van der Waals surface area (Å²) in [7, 11) is 1.45. The molecule has 1 aromatic heterocycles. The highest BCUT2D eigenvalue weighted by Gasteiger charge is 2.34. The molecule has 4 rings (SSSR count). The quantitative estimate of drug-likeness (QED) is 0.323. The van der Waals surface area contributed by atoms with Crippen molar-refractivity contribution >= 4 is 41.0 Å². The van der Waals surface area contributed by atoms with Crippen molar-refractivity contribution in [3.05, 3.63) is 89.6 Å². The van der Waals surface area contributed by atoms with Crippen LogP contribution in [0.4, 0.5) is 0 Å². The van der Waals surface area contributed by atoms with Crippen LogP contribution in [0.3, 0.4) is 0 Å². The molecule has 2 aromatic carbocycles. The maximum absolute atomic E-state index is 13.8. The van der Waals surface area contributed by atoms with Gasteiger partial charge in [-0.25, -0.2) is 9.79 Å². The Morgan fingerprint density at radius 3 is 2.61 bits per heavy atom. The first-order valence-electron chi connectivity index (χ1n) is 11.9. The first-order valence-corrected chi connectivity index (χ1v) is 13.1. The number of fused-ring (bicyclic) bond motifs is 1. The second-order valence-electron chi connectivity index (χ2n) is 9.13. The van der Waals surface area contributed by atoms with Crippen molar-refractivity contribution in [3.63, 3.8) is 0 Å². The molecule has 2 heterocycles. The van der Waals surface area contributed by atoms with Crippen LogP contribution in [-0.2, 0) is 14.3 Å². The Morgan fingerprint density at radius 1 is 1.18 bits per heavy atom. The zero-order valence-electron chi connectivity index (χ0n) is 21.6. The fraction of sp³-hybridized carbons (Fsp3) is 0.286. The highest BCUT2D eigenvalue weighted by molar-refractivity contribution is 7.07. The second kappa shape index (κ2) is 11.4. The highest BCUT2D eigenvalue weighted by atomic mass is 35.5. The van der Waals surface area contributed by atoms with Crippen molar-refractivity contribution in [2.75, 3.05) is 13.7 Å². The molecule has 0 spiro atoms. The summed E-state index contributed by atoms with van der Waals surface area (Å²) >= 11 is 7.35. The predicted molar refractivity (Wildman–Crippen MR) is 145 cm³/mol. The molecule has 0 N–H and O–H groups in total. The van der Waals surface area contributed by atoms with Gasteiger partial charge in [-0.2, -0.15) is 0 Å². The lowest BCUT2D eigenvalue weighted by molar-refractivity contribution is -0.140. The number of carbonyl (C=O) groups excluding carboxylic acids is 2. The van der Waals surface area contributed by atoms with Crippen molar-refractivity contribution in [2.24, 2.45) is 10.9 Å². The number of allylic oxidation sites excluding steroid dienone is 1. The van der Waals surface area contributed by atoms with E-state index in [1.54, 1.807) is 49.4 Å². The van der Waals surface area contributed by atoms with E-state index in [0.29, 0.717) is 25.6 Å². The average molecular weight is 555 g/mol. The van der Waals surface area contributed by atoms with E-state index in [0.717, 1.165) is 5.56 Å². The van der Waals surface area contributed by atoms with E-state index >= 15 is 0 Å². The molecule has 10 heteroatoms. The van der Waals surface area contributed by atoms with E-state index in [-0.39, 0.29) is 35.2 Å². The minimum Gasteiger partial charge on any atom is -0.493 e. The first-order chi connectivity index (χ1) is 18.1. The lowest BCUT2D eigenvalue weighted by Crippen LogP contribution is -2.40. The van der Waals surface area contributed by atoms with Gasteiger partial charge in [-0.05, 0) is 54.3 Å². The Labute approximate surface area is 228 Å². The van der Waals surface area contributed by atoms with Crippen molar-refractivity contribution in [3.8, 4) is 11.5 Å². The van der Waals surface area contributed by atoms with Crippen LogP contribution in [0, 0.1) is 5.92 Å². The van der Waals surface area contributed by atoms with Gasteiger partial charge < -0.3 is 14.2 Å². The lowest BCUT2D eigenvalue weighted by atomic mass is 9.95. The third kappa shape index (κ3) is 5.74. The molecule has 38 heavy (non-hydrogen) atoms. The van der Waals surface area contributed by atoms with Crippen LogP contribution < -0.4 is 24.4 Å². The third-order valence-electron chi connectivity index (χ3n) is 5.69. The number of thiazole rings is 1. The molecule has 198 valence electrons. The summed E-state index contributed by atoms with van der Waals surface area (Å²) in [6.07, 6.45) is 1.74. The smallest absolute Gasteiger partial charge is 0.338 e. The van der Waals surface area contributed by atoms with Gasteiger partial charge in [-0.15, -0.1) is 0 Å². The number of hydrogen-bond donors (Lipinski definition) is 0. The van der Waals surface area contributed by atoms with Crippen molar-refractivity contribution in [2.45, 2.75) is 33.7 Å². The Morgan fingerprint density at radius 2 is 1.95 bits per heavy atom. The molecule has 0 fully saturated rings. The molecule has 8 nitrogen and oxygen atoms in total. The molecule has 3 aromatic rings. The summed E-state index contributed by atoms with van der Waals surface area (Å²) in [6.45, 7) is 7.11. The fourth-order valence-corrected chi connectivity index (χ4v) is 5.30. The Hall–Kier alpha value is -3.69. The van der Waals surface area contributed by atoms with Crippen LogP contribution in [0.1, 0.15) is 44.9 Å². The number of hydrogen-bond acceptors (Lipinski definition) is 8. The van der Waals surface area contributed by atoms with Gasteiger partial charge in [0.2, 0.25) is 0 Å². The summed E-state index contributed by atoms with van der Waals surface area (Å²) in [5.74, 6) is -0.429. The molecule has 0 radical (unpaired) electrons. The third-order valence-corrected chi connectivity index (χ3v) is 6.91. The zero-order valence-corrected chi connectivity index (χ0v) is 23.2. The topological polar surface area (TPSA) is 96.2 Å². The molecule has 0 saturated heterocycles. The van der Waals surface area contributed by atoms with Crippen LogP contribution >= 0.6 is 22.9 Å². The minimum absolute atomic E-state index is 0.125. The average Bonchev–Trinajstić information content (AvgIpc) is 3.15. The summed E-state index contributed by atoms with van der Waals surface area (Å²) < 4.78 is 18.2. The molecule has 1 unspecified atom stereocenters. The molecule has 1 aliphatic rings. The molecule has 1 aliphatic heterocycles. The number of nitrogens with zero attached hydrogens (tertiary/aromatic N) is 2. The number of methoxy groups -OCH3 is 1. The van der Waals surface area contributed by atoms with Crippen molar-refractivity contribution in [1.29, 1.82) is 0 Å². The van der Waals surface area contributed by atoms with E-state index in [2.05, 4.69) is 4.99 Å². The van der Waals surface area contributed by atoms with E-state index < -0.39 is 18.0 Å². The lowest BCUT2D eigenvalue weighted by Gasteiger charge is -2.25. The zero-order chi connectivity index (χ0) is 27.6. The van der Waals surface area contributed by atoms with Gasteiger partial charge in [0.05, 0.1) is 35.6 Å². The molecule has 1 atom stereocenters. The van der Waals surface area contributed by atoms with Gasteiger partial charge in [0.15, 0.2) is 16.3 Å².